The summed E-state index contributed by atoms with van der Waals surface area (Å²) >= 11 is 3.30. The molecule has 0 aliphatic heterocycles. The van der Waals surface area contributed by atoms with Crippen molar-refractivity contribution in [3.8, 4) is 0 Å². The molecule has 0 fully saturated rings. The maximum Gasteiger partial charge on any atom is 0.267 e. The smallest absolute Gasteiger partial charge is 0.267 e. The zero-order valence-corrected chi connectivity index (χ0v) is 10.8. The normalized spacial score (nSPS) is 10.1. The number of nitrogens with one attached hydrogen (secondary N) is 1. The first kappa shape index (κ1) is 12.3. The van der Waals surface area contributed by atoms with E-state index in [0.29, 0.717) is 17.2 Å². The summed E-state index contributed by atoms with van der Waals surface area (Å²) in [6.07, 6.45) is 3.27. The molecule has 0 unspecified atom stereocenters. The molecule has 2 aromatic rings. The topological polar surface area (TPSA) is 107 Å². The second-order valence-electron chi connectivity index (χ2n) is 3.52. The van der Waals surface area contributed by atoms with Crippen LogP contribution in [0.25, 0.3) is 0 Å². The molecule has 0 bridgehead atoms. The highest BCUT2D eigenvalue weighted by Crippen LogP contribution is 2.22. The Morgan fingerprint density at radius 2 is 2.11 bits per heavy atom. The van der Waals surface area contributed by atoms with Crippen LogP contribution < -0.4 is 16.8 Å². The van der Waals surface area contributed by atoms with Crippen LogP contribution in [0.1, 0.15) is 10.5 Å². The van der Waals surface area contributed by atoms with Crippen molar-refractivity contribution in [1.29, 1.82) is 0 Å². The molecule has 0 radical (unpaired) electrons. The van der Waals surface area contributed by atoms with Gasteiger partial charge in [-0.3, -0.25) is 9.78 Å². The quantitative estimate of drug-likeness (QED) is 0.799. The van der Waals surface area contributed by atoms with E-state index < -0.39 is 5.91 Å². The zero-order valence-electron chi connectivity index (χ0n) is 9.22. The Balaban J connectivity index is 2.33. The summed E-state index contributed by atoms with van der Waals surface area (Å²) in [6, 6.07) is 4.86. The minimum Gasteiger partial charge on any atom is -0.396 e. The Kier molecular flexibility index (Phi) is 3.42. The Bertz CT molecular complexity index is 602. The monoisotopic (exact) mass is 307 g/mol. The number of amides is 1. The van der Waals surface area contributed by atoms with Crippen molar-refractivity contribution in [2.24, 2.45) is 5.73 Å². The fourth-order valence-electron chi connectivity index (χ4n) is 1.32. The summed E-state index contributed by atoms with van der Waals surface area (Å²) in [6.45, 7) is 0. The fraction of sp³-hybridized carbons (Fsp3) is 0. The van der Waals surface area contributed by atoms with Gasteiger partial charge in [0.15, 0.2) is 5.82 Å². The van der Waals surface area contributed by atoms with Gasteiger partial charge in [-0.25, -0.2) is 4.98 Å². The third-order valence-corrected chi connectivity index (χ3v) is 2.58. The number of carbonyl (C=O) groups is 1. The van der Waals surface area contributed by atoms with Crippen molar-refractivity contribution in [1.82, 2.24) is 9.97 Å². The average molecular weight is 308 g/mol. The van der Waals surface area contributed by atoms with E-state index in [0.717, 1.165) is 4.47 Å². The number of hydrogen-bond donors (Lipinski definition) is 3. The van der Waals surface area contributed by atoms with Crippen LogP contribution in [0.3, 0.4) is 0 Å². The average Bonchev–Trinajstić information content (AvgIpc) is 2.31. The van der Waals surface area contributed by atoms with Crippen LogP contribution in [0.2, 0.25) is 0 Å². The molecule has 0 saturated carbocycles. The van der Waals surface area contributed by atoms with Crippen LogP contribution in [0.4, 0.5) is 17.2 Å². The summed E-state index contributed by atoms with van der Waals surface area (Å²) in [7, 11) is 0. The van der Waals surface area contributed by atoms with Gasteiger partial charge in [0.1, 0.15) is 5.69 Å². The molecule has 7 heteroatoms. The van der Waals surface area contributed by atoms with Crippen molar-refractivity contribution in [3.63, 3.8) is 0 Å². The molecule has 0 saturated heterocycles. The zero-order chi connectivity index (χ0) is 13.1. The van der Waals surface area contributed by atoms with E-state index in [1.807, 2.05) is 6.07 Å². The lowest BCUT2D eigenvalue weighted by atomic mass is 10.3. The SMILES string of the molecule is NC(=O)c1ccc(N)c(Nc2cncc(Br)c2)n1. The van der Waals surface area contributed by atoms with Gasteiger partial charge in [0.05, 0.1) is 17.6 Å². The third-order valence-electron chi connectivity index (χ3n) is 2.15. The predicted molar refractivity (Wildman–Crippen MR) is 72.4 cm³/mol. The van der Waals surface area contributed by atoms with Gasteiger partial charge in [0.2, 0.25) is 0 Å². The molecule has 0 atom stereocenters. The summed E-state index contributed by atoms with van der Waals surface area (Å²) < 4.78 is 0.817. The lowest BCUT2D eigenvalue weighted by Crippen LogP contribution is -2.14. The Morgan fingerprint density at radius 1 is 1.33 bits per heavy atom. The van der Waals surface area contributed by atoms with E-state index in [-0.39, 0.29) is 5.69 Å². The van der Waals surface area contributed by atoms with E-state index in [1.54, 1.807) is 18.5 Å². The Morgan fingerprint density at radius 3 is 2.78 bits per heavy atom. The number of nitrogens with zero attached hydrogens (tertiary/aromatic N) is 2. The molecule has 1 amide bonds. The summed E-state index contributed by atoms with van der Waals surface area (Å²) in [4.78, 5) is 19.1. The van der Waals surface area contributed by atoms with Gasteiger partial charge in [-0.15, -0.1) is 0 Å². The highest BCUT2D eigenvalue weighted by atomic mass is 79.9. The first-order valence-electron chi connectivity index (χ1n) is 5.00. The number of primary amides is 1. The number of halogens is 1. The number of anilines is 3. The van der Waals surface area contributed by atoms with Gasteiger partial charge < -0.3 is 16.8 Å². The highest BCUT2D eigenvalue weighted by molar-refractivity contribution is 9.10. The summed E-state index contributed by atoms with van der Waals surface area (Å²) in [5.74, 6) is -0.239. The maximum absolute atomic E-state index is 11.0. The molecule has 0 spiro atoms. The van der Waals surface area contributed by atoms with Crippen molar-refractivity contribution in [2.75, 3.05) is 11.1 Å². The number of pyridine rings is 2. The lowest BCUT2D eigenvalue weighted by molar-refractivity contribution is 0.0996. The molecular weight excluding hydrogens is 298 g/mol. The lowest BCUT2D eigenvalue weighted by Gasteiger charge is -2.09. The van der Waals surface area contributed by atoms with E-state index in [1.165, 1.54) is 6.07 Å². The van der Waals surface area contributed by atoms with Crippen LogP contribution in [0, 0.1) is 0 Å². The van der Waals surface area contributed by atoms with Crippen molar-refractivity contribution in [2.45, 2.75) is 0 Å². The van der Waals surface area contributed by atoms with Crippen LogP contribution in [-0.4, -0.2) is 15.9 Å². The van der Waals surface area contributed by atoms with Crippen LogP contribution in [0.15, 0.2) is 35.1 Å². The highest BCUT2D eigenvalue weighted by Gasteiger charge is 2.07. The van der Waals surface area contributed by atoms with E-state index in [4.69, 9.17) is 11.5 Å². The van der Waals surface area contributed by atoms with Crippen LogP contribution in [0.5, 0.6) is 0 Å². The fourth-order valence-corrected chi connectivity index (χ4v) is 1.69. The molecule has 2 heterocycles. The molecule has 2 aromatic heterocycles. The van der Waals surface area contributed by atoms with Gasteiger partial charge in [-0.1, -0.05) is 0 Å². The number of aromatic nitrogens is 2. The summed E-state index contributed by atoms with van der Waals surface area (Å²) in [5.41, 5.74) is 12.2. The Hall–Kier alpha value is -2.15. The predicted octanol–water partition coefficient (Wildman–Crippen LogP) is 1.66. The van der Waals surface area contributed by atoms with E-state index in [2.05, 4.69) is 31.2 Å². The van der Waals surface area contributed by atoms with Gasteiger partial charge >= 0.3 is 0 Å². The molecule has 5 N–H and O–H groups in total. The third kappa shape index (κ3) is 2.75. The number of nitrogens with two attached hydrogens (primary N) is 2. The molecule has 0 aliphatic rings. The Labute approximate surface area is 112 Å². The minimum atomic E-state index is -0.606. The molecule has 18 heavy (non-hydrogen) atoms. The van der Waals surface area contributed by atoms with Gasteiger partial charge in [-0.2, -0.15) is 0 Å². The second kappa shape index (κ2) is 5.01. The van der Waals surface area contributed by atoms with E-state index in [9.17, 15) is 4.79 Å². The molecule has 6 nitrogen and oxygen atoms in total. The van der Waals surface area contributed by atoms with Gasteiger partial charge in [0.25, 0.3) is 5.91 Å². The van der Waals surface area contributed by atoms with Crippen LogP contribution >= 0.6 is 15.9 Å². The standard InChI is InChI=1S/C11H10BrN5O/c12-6-3-7(5-15-4-6)16-11-8(13)1-2-9(17-11)10(14)18/h1-5H,13H2,(H2,14,18)(H,16,17). The molecule has 92 valence electrons. The number of carbonyl (C=O) groups excluding carboxylic acids is 1. The first-order chi connectivity index (χ1) is 8.56. The molecule has 2 rings (SSSR count). The molecule has 0 aromatic carbocycles. The van der Waals surface area contributed by atoms with E-state index >= 15 is 0 Å². The minimum absolute atomic E-state index is 0.148. The van der Waals surface area contributed by atoms with Crippen molar-refractivity contribution < 1.29 is 4.79 Å². The molecule has 0 aliphatic carbocycles. The molecular formula is C11H10BrN5O. The second-order valence-corrected chi connectivity index (χ2v) is 4.43. The van der Waals surface area contributed by atoms with Crippen molar-refractivity contribution >= 4 is 39.0 Å². The number of nitrogen functional groups attached to an aromatic ring is 1. The number of hydrogen-bond acceptors (Lipinski definition) is 5. The largest absolute Gasteiger partial charge is 0.396 e. The maximum atomic E-state index is 11.0. The van der Waals surface area contributed by atoms with Crippen molar-refractivity contribution in [3.05, 3.63) is 40.8 Å². The van der Waals surface area contributed by atoms with Crippen LogP contribution in [-0.2, 0) is 0 Å². The van der Waals surface area contributed by atoms with Gasteiger partial charge in [-0.05, 0) is 34.1 Å². The first-order valence-corrected chi connectivity index (χ1v) is 5.79. The summed E-state index contributed by atoms with van der Waals surface area (Å²) in [5, 5.41) is 2.97. The van der Waals surface area contributed by atoms with Gasteiger partial charge in [0, 0.05) is 10.7 Å². The number of rotatable bonds is 3.